The number of benzene rings is 1. The number of rotatable bonds is 6. The second-order valence-corrected chi connectivity index (χ2v) is 8.28. The maximum atomic E-state index is 13.3. The van der Waals surface area contributed by atoms with Gasteiger partial charge in [0.1, 0.15) is 0 Å². The smallest absolute Gasteiger partial charge is 0.256 e. The zero-order valence-electron chi connectivity index (χ0n) is 16.9. The molecule has 0 fully saturated rings. The van der Waals surface area contributed by atoms with E-state index in [-0.39, 0.29) is 5.91 Å². The lowest BCUT2D eigenvalue weighted by atomic mass is 10.1. The molecule has 0 aliphatic rings. The molecule has 0 atom stereocenters. The summed E-state index contributed by atoms with van der Waals surface area (Å²) >= 11 is 1.67. The lowest BCUT2D eigenvalue weighted by Gasteiger charge is -2.12. The summed E-state index contributed by atoms with van der Waals surface area (Å²) in [6.07, 6.45) is 5.36. The normalized spacial score (nSPS) is 11.1. The highest BCUT2D eigenvalue weighted by molar-refractivity contribution is 7.09. The van der Waals surface area contributed by atoms with Gasteiger partial charge in [0.05, 0.1) is 30.2 Å². The van der Waals surface area contributed by atoms with Crippen LogP contribution in [0.1, 0.15) is 26.5 Å². The summed E-state index contributed by atoms with van der Waals surface area (Å²) in [6, 6.07) is 15.5. The number of anilines is 1. The number of thiophene rings is 1. The number of nitrogens with one attached hydrogen (secondary N) is 1. The van der Waals surface area contributed by atoms with Crippen molar-refractivity contribution >= 4 is 34.0 Å². The number of aryl methyl sites for hydroxylation is 1. The maximum Gasteiger partial charge on any atom is 0.256 e. The van der Waals surface area contributed by atoms with Gasteiger partial charge in [-0.1, -0.05) is 24.3 Å². The Kier molecular flexibility index (Phi) is 5.05. The SMILES string of the molecule is Cc1cc(C(=O)Nc2ccccc2Cn2cccn2)c2cnn(Cc3cccs3)c2n1. The van der Waals surface area contributed by atoms with E-state index in [0.717, 1.165) is 22.3 Å². The highest BCUT2D eigenvalue weighted by Crippen LogP contribution is 2.23. The first-order valence-electron chi connectivity index (χ1n) is 9.89. The number of aromatic nitrogens is 5. The van der Waals surface area contributed by atoms with E-state index in [1.54, 1.807) is 23.7 Å². The Hall–Kier alpha value is -3.78. The van der Waals surface area contributed by atoms with Crippen LogP contribution in [0, 0.1) is 6.92 Å². The standard InChI is InChI=1S/C23H20N6OS/c1-16-12-19(20-13-25-29(22(20)26-16)15-18-7-4-11-31-18)23(30)27-21-8-3-2-6-17(21)14-28-10-5-9-24-28/h2-13H,14-15H2,1H3,(H,27,30). The molecule has 0 bridgehead atoms. The van der Waals surface area contributed by atoms with Crippen LogP contribution in [0.5, 0.6) is 0 Å². The molecule has 1 N–H and O–H groups in total. The summed E-state index contributed by atoms with van der Waals surface area (Å²) in [5, 5.41) is 14.6. The van der Waals surface area contributed by atoms with Crippen molar-refractivity contribution in [2.24, 2.45) is 0 Å². The molecule has 0 aliphatic carbocycles. The number of nitrogens with zero attached hydrogens (tertiary/aromatic N) is 5. The van der Waals surface area contributed by atoms with Gasteiger partial charge in [-0.2, -0.15) is 10.2 Å². The maximum absolute atomic E-state index is 13.3. The zero-order valence-corrected chi connectivity index (χ0v) is 17.7. The molecular weight excluding hydrogens is 408 g/mol. The number of pyridine rings is 1. The molecule has 0 saturated carbocycles. The van der Waals surface area contributed by atoms with E-state index in [1.807, 2.05) is 70.3 Å². The highest BCUT2D eigenvalue weighted by Gasteiger charge is 2.17. The Morgan fingerprint density at radius 2 is 2.00 bits per heavy atom. The van der Waals surface area contributed by atoms with E-state index in [4.69, 9.17) is 0 Å². The Bertz CT molecular complexity index is 1340. The first-order valence-corrected chi connectivity index (χ1v) is 10.8. The fourth-order valence-corrected chi connectivity index (χ4v) is 4.25. The van der Waals surface area contributed by atoms with Gasteiger partial charge >= 0.3 is 0 Å². The molecule has 7 nitrogen and oxygen atoms in total. The fourth-order valence-electron chi connectivity index (χ4n) is 3.56. The van der Waals surface area contributed by atoms with Crippen molar-refractivity contribution in [2.75, 3.05) is 5.32 Å². The Morgan fingerprint density at radius 3 is 2.81 bits per heavy atom. The van der Waals surface area contributed by atoms with Crippen molar-refractivity contribution in [3.05, 3.63) is 94.2 Å². The average molecular weight is 429 g/mol. The van der Waals surface area contributed by atoms with Gasteiger partial charge in [0, 0.05) is 28.7 Å². The van der Waals surface area contributed by atoms with Gasteiger partial charge in [0.15, 0.2) is 5.65 Å². The van der Waals surface area contributed by atoms with E-state index in [2.05, 4.69) is 26.6 Å². The van der Waals surface area contributed by atoms with E-state index >= 15 is 0 Å². The summed E-state index contributed by atoms with van der Waals surface area (Å²) in [5.74, 6) is -0.181. The van der Waals surface area contributed by atoms with Gasteiger partial charge in [-0.25, -0.2) is 9.67 Å². The molecular formula is C23H20N6OS. The molecule has 0 aliphatic heterocycles. The molecule has 0 saturated heterocycles. The number of carbonyl (C=O) groups is 1. The van der Waals surface area contributed by atoms with Crippen LogP contribution in [0.2, 0.25) is 0 Å². The van der Waals surface area contributed by atoms with Crippen molar-refractivity contribution < 1.29 is 4.79 Å². The van der Waals surface area contributed by atoms with Crippen LogP contribution in [0.15, 0.2) is 72.5 Å². The number of fused-ring (bicyclic) bond motifs is 1. The number of hydrogen-bond donors (Lipinski definition) is 1. The van der Waals surface area contributed by atoms with Gasteiger partial charge in [0.25, 0.3) is 5.91 Å². The van der Waals surface area contributed by atoms with Crippen molar-refractivity contribution in [3.8, 4) is 0 Å². The topological polar surface area (TPSA) is 77.6 Å². The minimum absolute atomic E-state index is 0.181. The molecule has 154 valence electrons. The van der Waals surface area contributed by atoms with Crippen molar-refractivity contribution in [1.29, 1.82) is 0 Å². The zero-order chi connectivity index (χ0) is 21.2. The Morgan fingerprint density at radius 1 is 1.10 bits per heavy atom. The molecule has 4 heterocycles. The number of para-hydroxylation sites is 1. The quantitative estimate of drug-likeness (QED) is 0.436. The van der Waals surface area contributed by atoms with Crippen LogP contribution in [-0.4, -0.2) is 30.5 Å². The molecule has 1 amide bonds. The molecule has 8 heteroatoms. The number of hydrogen-bond acceptors (Lipinski definition) is 5. The van der Waals surface area contributed by atoms with Gasteiger partial charge in [0.2, 0.25) is 0 Å². The van der Waals surface area contributed by atoms with E-state index in [9.17, 15) is 4.79 Å². The molecule has 1 aromatic carbocycles. The third-order valence-corrected chi connectivity index (χ3v) is 5.89. The van der Waals surface area contributed by atoms with E-state index in [1.165, 1.54) is 4.88 Å². The van der Waals surface area contributed by atoms with E-state index in [0.29, 0.717) is 24.3 Å². The largest absolute Gasteiger partial charge is 0.322 e. The second-order valence-electron chi connectivity index (χ2n) is 7.24. The van der Waals surface area contributed by atoms with Crippen molar-refractivity contribution in [2.45, 2.75) is 20.0 Å². The average Bonchev–Trinajstić information content (AvgIpc) is 3.53. The summed E-state index contributed by atoms with van der Waals surface area (Å²) in [6.45, 7) is 3.10. The molecule has 5 rings (SSSR count). The van der Waals surface area contributed by atoms with Crippen molar-refractivity contribution in [1.82, 2.24) is 24.5 Å². The monoisotopic (exact) mass is 428 g/mol. The van der Waals surface area contributed by atoms with Crippen LogP contribution < -0.4 is 5.32 Å². The van der Waals surface area contributed by atoms with Gasteiger partial charge < -0.3 is 5.32 Å². The highest BCUT2D eigenvalue weighted by atomic mass is 32.1. The lowest BCUT2D eigenvalue weighted by molar-refractivity contribution is 0.102. The predicted octanol–water partition coefficient (Wildman–Crippen LogP) is 4.35. The van der Waals surface area contributed by atoms with Crippen LogP contribution in [-0.2, 0) is 13.1 Å². The molecule has 0 unspecified atom stereocenters. The van der Waals surface area contributed by atoms with Crippen LogP contribution in [0.4, 0.5) is 5.69 Å². The van der Waals surface area contributed by atoms with Crippen LogP contribution in [0.3, 0.4) is 0 Å². The van der Waals surface area contributed by atoms with Crippen molar-refractivity contribution in [3.63, 3.8) is 0 Å². The van der Waals surface area contributed by atoms with E-state index < -0.39 is 0 Å². The first kappa shape index (κ1) is 19.2. The Labute approximate surface area is 183 Å². The summed E-state index contributed by atoms with van der Waals surface area (Å²) in [7, 11) is 0. The molecule has 4 aromatic heterocycles. The van der Waals surface area contributed by atoms with Gasteiger partial charge in [-0.3, -0.25) is 9.48 Å². The van der Waals surface area contributed by atoms with Crippen LogP contribution >= 0.6 is 11.3 Å². The fraction of sp³-hybridized carbons (Fsp3) is 0.130. The van der Waals surface area contributed by atoms with Gasteiger partial charge in [-0.15, -0.1) is 11.3 Å². The molecule has 0 spiro atoms. The third kappa shape index (κ3) is 3.97. The molecule has 0 radical (unpaired) electrons. The third-order valence-electron chi connectivity index (χ3n) is 5.02. The summed E-state index contributed by atoms with van der Waals surface area (Å²) < 4.78 is 3.67. The Balaban J connectivity index is 1.46. The lowest BCUT2D eigenvalue weighted by Crippen LogP contribution is -2.15. The van der Waals surface area contributed by atoms with Crippen LogP contribution in [0.25, 0.3) is 11.0 Å². The molecule has 31 heavy (non-hydrogen) atoms. The summed E-state index contributed by atoms with van der Waals surface area (Å²) in [4.78, 5) is 19.1. The number of carbonyl (C=O) groups excluding carboxylic acids is 1. The molecule has 5 aromatic rings. The first-order chi connectivity index (χ1) is 15.2. The number of amides is 1. The minimum atomic E-state index is -0.181. The predicted molar refractivity (Wildman–Crippen MR) is 121 cm³/mol. The second kappa shape index (κ2) is 8.16. The minimum Gasteiger partial charge on any atom is -0.322 e. The van der Waals surface area contributed by atoms with Gasteiger partial charge in [-0.05, 0) is 42.1 Å². The summed E-state index contributed by atoms with van der Waals surface area (Å²) in [5.41, 5.74) is 3.79.